The molecule has 1 saturated carbocycles. The molecule has 5 aliphatic heterocycles. The van der Waals surface area contributed by atoms with Crippen molar-refractivity contribution in [1.82, 2.24) is 30.5 Å². The highest BCUT2D eigenvalue weighted by atomic mass is 19.1. The zero-order chi connectivity index (χ0) is 46.8. The highest BCUT2D eigenvalue weighted by Crippen LogP contribution is 2.47. The number of amides is 2. The van der Waals surface area contributed by atoms with Gasteiger partial charge in [-0.05, 0) is 111 Å². The third-order valence-corrected chi connectivity index (χ3v) is 15.3. The summed E-state index contributed by atoms with van der Waals surface area (Å²) in [5, 5.41) is 18.1. The highest BCUT2D eigenvalue weighted by Gasteiger charge is 2.46. The van der Waals surface area contributed by atoms with Crippen LogP contribution >= 0.6 is 0 Å². The summed E-state index contributed by atoms with van der Waals surface area (Å²) in [6.45, 7) is 7.40. The maximum Gasteiger partial charge on any atom is 0.319 e. The molecule has 5 aromatic rings. The Morgan fingerprint density at radius 2 is 1.54 bits per heavy atom. The van der Waals surface area contributed by atoms with Crippen molar-refractivity contribution in [2.75, 3.05) is 62.2 Å². The van der Waals surface area contributed by atoms with Crippen molar-refractivity contribution in [1.29, 1.82) is 0 Å². The molecule has 6 aliphatic rings. The van der Waals surface area contributed by atoms with Crippen molar-refractivity contribution in [3.63, 3.8) is 0 Å². The first kappa shape index (κ1) is 44.8. The Balaban J connectivity index is 0.738. The average Bonchev–Trinajstić information content (AvgIpc) is 4.01. The van der Waals surface area contributed by atoms with Gasteiger partial charge in [-0.25, -0.2) is 17.6 Å². The number of aromatic nitrogens is 3. The number of anilines is 2. The smallest absolute Gasteiger partial charge is 0.319 e. The van der Waals surface area contributed by atoms with Crippen molar-refractivity contribution in [3.8, 4) is 23.0 Å². The summed E-state index contributed by atoms with van der Waals surface area (Å²) in [6, 6.07) is 9.20. The summed E-state index contributed by atoms with van der Waals surface area (Å²) >= 11 is 0. The summed E-state index contributed by atoms with van der Waals surface area (Å²) in [7, 11) is 0. The molecular weight excluding hydrogens is 881 g/mol. The number of likely N-dealkylation sites (tertiary alicyclic amines) is 1. The van der Waals surface area contributed by atoms with Crippen molar-refractivity contribution < 1.29 is 41.7 Å². The lowest BCUT2D eigenvalue weighted by Crippen LogP contribution is -2.51. The van der Waals surface area contributed by atoms with Gasteiger partial charge in [0.25, 0.3) is 0 Å². The molecule has 11 rings (SSSR count). The van der Waals surface area contributed by atoms with Gasteiger partial charge >= 0.3 is 6.01 Å². The van der Waals surface area contributed by atoms with Crippen LogP contribution in [0, 0.1) is 28.7 Å². The molecule has 2 bridgehead atoms. The molecule has 6 fully saturated rings. The van der Waals surface area contributed by atoms with E-state index in [4.69, 9.17) is 19.4 Å². The lowest BCUT2D eigenvalue weighted by Gasteiger charge is -2.38. The summed E-state index contributed by atoms with van der Waals surface area (Å²) in [5.74, 6) is -4.29. The second kappa shape index (κ2) is 18.0. The molecule has 0 spiro atoms. The average molecular weight is 937 g/mol. The summed E-state index contributed by atoms with van der Waals surface area (Å²) < 4.78 is 75.9. The molecule has 3 N–H and O–H groups in total. The zero-order valence-electron chi connectivity index (χ0n) is 38.1. The number of ether oxygens (including phenoxy) is 2. The van der Waals surface area contributed by atoms with E-state index in [9.17, 15) is 14.7 Å². The maximum atomic E-state index is 17.1. The third kappa shape index (κ3) is 8.70. The van der Waals surface area contributed by atoms with Crippen molar-refractivity contribution >= 4 is 45.0 Å². The van der Waals surface area contributed by atoms with Crippen LogP contribution in [0.4, 0.5) is 29.1 Å². The quantitative estimate of drug-likeness (QED) is 0.0845. The van der Waals surface area contributed by atoms with E-state index >= 15 is 17.6 Å². The molecule has 358 valence electrons. The van der Waals surface area contributed by atoms with Crippen LogP contribution in [0.1, 0.15) is 88.2 Å². The number of pyridine rings is 1. The highest BCUT2D eigenvalue weighted by molar-refractivity contribution is 6.02. The number of imide groups is 1. The first-order chi connectivity index (χ1) is 32.9. The fourth-order valence-electron chi connectivity index (χ4n) is 11.5. The van der Waals surface area contributed by atoms with Crippen LogP contribution in [0.15, 0.2) is 42.6 Å². The largest absolute Gasteiger partial charge is 0.508 e. The van der Waals surface area contributed by atoms with Crippen LogP contribution in [0.25, 0.3) is 32.9 Å². The van der Waals surface area contributed by atoms with Gasteiger partial charge in [0.2, 0.25) is 11.8 Å². The topological polar surface area (TPSA) is 145 Å². The number of fused-ring (bicyclic) bond motifs is 4. The van der Waals surface area contributed by atoms with E-state index in [0.717, 1.165) is 71.0 Å². The van der Waals surface area contributed by atoms with Crippen LogP contribution in [0.5, 0.6) is 11.8 Å². The number of phenolic OH excluding ortho intramolecular Hbond substituents is 1. The number of aryl methyl sites for hydroxylation is 1. The molecule has 7 heterocycles. The SMILES string of the molecule is CCc1c(F)ccc2cc(O)cc(-c3ncc4c(N5CC6CCC(C5)N6)nc(OCC5(CN6CCC(OC7CCN(c8cc(F)c(C9CCC(=O)NC9=O)c(F)c8)CC7)CC6)CC5)nc4c3F)c12. The normalized spacial score (nSPS) is 23.5. The number of hydrogen-bond acceptors (Lipinski definition) is 12. The predicted octanol–water partition coefficient (Wildman–Crippen LogP) is 7.44. The maximum absolute atomic E-state index is 17.1. The summed E-state index contributed by atoms with van der Waals surface area (Å²) in [5.41, 5.74) is 0.794. The number of carbonyl (C=O) groups is 2. The van der Waals surface area contributed by atoms with Crippen molar-refractivity contribution in [2.24, 2.45) is 5.41 Å². The minimum absolute atomic E-state index is 0.0322. The molecule has 5 saturated heterocycles. The van der Waals surface area contributed by atoms with Gasteiger partial charge < -0.3 is 34.6 Å². The first-order valence-corrected chi connectivity index (χ1v) is 24.3. The Kier molecular flexibility index (Phi) is 11.9. The number of carbonyl (C=O) groups excluding carboxylic acids is 2. The Morgan fingerprint density at radius 1 is 0.838 bits per heavy atom. The van der Waals surface area contributed by atoms with Crippen LogP contribution in [0.3, 0.4) is 0 Å². The fourth-order valence-corrected chi connectivity index (χ4v) is 11.5. The second-order valence-corrected chi connectivity index (χ2v) is 19.9. The van der Waals surface area contributed by atoms with Gasteiger partial charge in [-0.2, -0.15) is 9.97 Å². The van der Waals surface area contributed by atoms with Gasteiger partial charge in [-0.1, -0.05) is 13.0 Å². The van der Waals surface area contributed by atoms with Crippen LogP contribution < -0.4 is 25.2 Å². The molecule has 17 heteroatoms. The van der Waals surface area contributed by atoms with Gasteiger partial charge in [0, 0.05) is 92.7 Å². The summed E-state index contributed by atoms with van der Waals surface area (Å²) in [4.78, 5) is 44.8. The minimum atomic E-state index is -1.03. The van der Waals surface area contributed by atoms with Crippen LogP contribution in [-0.4, -0.2) is 113 Å². The van der Waals surface area contributed by atoms with E-state index in [1.54, 1.807) is 18.3 Å². The van der Waals surface area contributed by atoms with E-state index in [1.165, 1.54) is 24.3 Å². The Hall–Kier alpha value is -5.65. The molecule has 1 aliphatic carbocycles. The number of nitrogens with zero attached hydrogens (tertiary/aromatic N) is 6. The Labute approximate surface area is 391 Å². The van der Waals surface area contributed by atoms with Gasteiger partial charge in [0.05, 0.1) is 30.1 Å². The number of benzene rings is 3. The molecule has 3 unspecified atom stereocenters. The monoisotopic (exact) mass is 936 g/mol. The third-order valence-electron chi connectivity index (χ3n) is 15.3. The lowest BCUT2D eigenvalue weighted by atomic mass is 9.89. The molecular formula is C51H56F4N8O5. The van der Waals surface area contributed by atoms with Gasteiger partial charge in [-0.15, -0.1) is 0 Å². The Morgan fingerprint density at radius 3 is 2.22 bits per heavy atom. The lowest BCUT2D eigenvalue weighted by molar-refractivity contribution is -0.134. The number of piperidine rings is 3. The van der Waals surface area contributed by atoms with E-state index < -0.39 is 41.0 Å². The number of hydrogen-bond donors (Lipinski definition) is 3. The fraction of sp³-hybridized carbons (Fsp3) is 0.510. The number of halogens is 4. The summed E-state index contributed by atoms with van der Waals surface area (Å²) in [6.07, 6.45) is 9.52. The van der Waals surface area contributed by atoms with Gasteiger partial charge in [0.1, 0.15) is 40.2 Å². The molecule has 3 atom stereocenters. The van der Waals surface area contributed by atoms with E-state index in [0.29, 0.717) is 90.1 Å². The van der Waals surface area contributed by atoms with Gasteiger partial charge in [-0.3, -0.25) is 19.9 Å². The number of aromatic hydroxyl groups is 1. The zero-order valence-corrected chi connectivity index (χ0v) is 38.1. The second-order valence-electron chi connectivity index (χ2n) is 19.9. The number of rotatable bonds is 12. The molecule has 0 radical (unpaired) electrons. The molecule has 2 aromatic heterocycles. The van der Waals surface area contributed by atoms with E-state index in [1.807, 2.05) is 11.8 Å². The Bertz CT molecular complexity index is 2760. The molecule has 3 aromatic carbocycles. The minimum Gasteiger partial charge on any atom is -0.508 e. The first-order valence-electron chi connectivity index (χ1n) is 24.3. The van der Waals surface area contributed by atoms with Crippen molar-refractivity contribution in [3.05, 3.63) is 77.0 Å². The molecule has 2 amide bonds. The number of phenols is 1. The number of piperazine rings is 1. The number of nitrogens with one attached hydrogen (secondary N) is 2. The predicted molar refractivity (Wildman–Crippen MR) is 248 cm³/mol. The van der Waals surface area contributed by atoms with Crippen LogP contribution in [0.2, 0.25) is 0 Å². The standard InChI is InChI=1S/C51H56F4N8O5/c1-2-35-39(52)7-3-28-19-32(64)22-37(43(28)35)46-45(55)47-38(23-56-46)48(63-24-29-4-5-30(25-63)57-29)60-50(59-47)67-27-51(13-14-51)26-61-15-9-33(10-16-61)68-34-11-17-62(18-12-34)31-20-40(53)44(41(54)21-31)36-6-8-42(65)58-49(36)66/h3,7,19-23,29-30,33-34,36,57,64H,2,4-6,8-18,24-27H2,1H3,(H,58,65,66). The molecule has 68 heavy (non-hydrogen) atoms. The van der Waals surface area contributed by atoms with E-state index in [-0.39, 0.29) is 59.0 Å². The van der Waals surface area contributed by atoms with Gasteiger partial charge in [0.15, 0.2) is 5.82 Å². The molecule has 13 nitrogen and oxygen atoms in total. The van der Waals surface area contributed by atoms with E-state index in [2.05, 4.69) is 25.4 Å². The van der Waals surface area contributed by atoms with Crippen LogP contribution in [-0.2, 0) is 20.7 Å². The van der Waals surface area contributed by atoms with Crippen molar-refractivity contribution in [2.45, 2.75) is 108 Å².